The summed E-state index contributed by atoms with van der Waals surface area (Å²) in [6.07, 6.45) is 0.959. The van der Waals surface area contributed by atoms with Gasteiger partial charge in [-0.25, -0.2) is 13.2 Å². The summed E-state index contributed by atoms with van der Waals surface area (Å²) in [5.41, 5.74) is 0.0437. The SMILES string of the molecule is CCC(C)COCc1cc(F)c(F)cc1F. The topological polar surface area (TPSA) is 9.23 Å². The van der Waals surface area contributed by atoms with Gasteiger partial charge in [0.25, 0.3) is 0 Å². The molecule has 0 saturated carbocycles. The zero-order valence-electron chi connectivity index (χ0n) is 9.40. The van der Waals surface area contributed by atoms with Crippen LogP contribution in [0.2, 0.25) is 0 Å². The van der Waals surface area contributed by atoms with Gasteiger partial charge in [0.05, 0.1) is 6.61 Å². The highest BCUT2D eigenvalue weighted by Gasteiger charge is 2.10. The third-order valence-corrected chi connectivity index (χ3v) is 2.45. The van der Waals surface area contributed by atoms with Crippen LogP contribution in [0.25, 0.3) is 0 Å². The maximum absolute atomic E-state index is 13.2. The highest BCUT2D eigenvalue weighted by molar-refractivity contribution is 5.19. The fourth-order valence-corrected chi connectivity index (χ4v) is 1.16. The molecular formula is C12H15F3O. The van der Waals surface area contributed by atoms with E-state index in [1.807, 2.05) is 13.8 Å². The number of benzene rings is 1. The normalized spacial score (nSPS) is 12.8. The maximum Gasteiger partial charge on any atom is 0.161 e. The van der Waals surface area contributed by atoms with Crippen molar-refractivity contribution in [3.05, 3.63) is 35.1 Å². The minimum atomic E-state index is -1.18. The van der Waals surface area contributed by atoms with Gasteiger partial charge in [0.2, 0.25) is 0 Å². The van der Waals surface area contributed by atoms with Crippen LogP contribution >= 0.6 is 0 Å². The molecule has 0 fully saturated rings. The Labute approximate surface area is 93.2 Å². The van der Waals surface area contributed by atoms with Gasteiger partial charge in [0.1, 0.15) is 5.82 Å². The first-order valence-electron chi connectivity index (χ1n) is 5.25. The molecule has 0 aliphatic rings. The molecule has 0 radical (unpaired) electrons. The summed E-state index contributed by atoms with van der Waals surface area (Å²) in [5.74, 6) is -2.64. The Morgan fingerprint density at radius 1 is 1.12 bits per heavy atom. The van der Waals surface area contributed by atoms with Gasteiger partial charge in [-0.2, -0.15) is 0 Å². The number of hydrogen-bond acceptors (Lipinski definition) is 1. The second-order valence-electron chi connectivity index (χ2n) is 3.89. The molecule has 90 valence electrons. The van der Waals surface area contributed by atoms with Crippen LogP contribution in [0.3, 0.4) is 0 Å². The van der Waals surface area contributed by atoms with Crippen molar-refractivity contribution in [2.45, 2.75) is 26.9 Å². The van der Waals surface area contributed by atoms with Gasteiger partial charge >= 0.3 is 0 Å². The summed E-state index contributed by atoms with van der Waals surface area (Å²) in [6, 6.07) is 1.37. The lowest BCUT2D eigenvalue weighted by Crippen LogP contribution is -2.06. The van der Waals surface area contributed by atoms with Gasteiger partial charge in [0, 0.05) is 18.2 Å². The number of ether oxygens (including phenoxy) is 1. The van der Waals surface area contributed by atoms with Crippen molar-refractivity contribution in [2.75, 3.05) is 6.61 Å². The molecular weight excluding hydrogens is 217 g/mol. The molecule has 0 aliphatic carbocycles. The Kier molecular flexibility index (Phi) is 4.80. The summed E-state index contributed by atoms with van der Waals surface area (Å²) in [6.45, 7) is 4.47. The Bertz CT molecular complexity index is 352. The van der Waals surface area contributed by atoms with Crippen molar-refractivity contribution in [2.24, 2.45) is 5.92 Å². The van der Waals surface area contributed by atoms with Crippen LogP contribution in [0, 0.1) is 23.4 Å². The summed E-state index contributed by atoms with van der Waals surface area (Å²) >= 11 is 0. The van der Waals surface area contributed by atoms with E-state index in [2.05, 4.69) is 0 Å². The first-order chi connectivity index (χ1) is 7.54. The maximum atomic E-state index is 13.2. The molecule has 0 aromatic heterocycles. The summed E-state index contributed by atoms with van der Waals surface area (Å²) < 4.78 is 43.8. The predicted molar refractivity (Wildman–Crippen MR) is 55.4 cm³/mol. The third-order valence-electron chi connectivity index (χ3n) is 2.45. The average Bonchev–Trinajstić information content (AvgIpc) is 2.25. The minimum absolute atomic E-state index is 0.0344. The van der Waals surface area contributed by atoms with Crippen LogP contribution in [0.15, 0.2) is 12.1 Å². The van der Waals surface area contributed by atoms with Crippen molar-refractivity contribution in [1.29, 1.82) is 0 Å². The standard InChI is InChI=1S/C12H15F3O/c1-3-8(2)6-16-7-9-4-11(14)12(15)5-10(9)13/h4-5,8H,3,6-7H2,1-2H3. The third kappa shape index (κ3) is 3.52. The lowest BCUT2D eigenvalue weighted by Gasteiger charge is -2.10. The Balaban J connectivity index is 2.57. The van der Waals surface area contributed by atoms with Gasteiger partial charge in [-0.1, -0.05) is 20.3 Å². The Morgan fingerprint density at radius 2 is 1.75 bits per heavy atom. The Morgan fingerprint density at radius 3 is 2.38 bits per heavy atom. The molecule has 0 saturated heterocycles. The highest BCUT2D eigenvalue weighted by Crippen LogP contribution is 2.15. The molecule has 0 aliphatic heterocycles. The number of halogens is 3. The first kappa shape index (κ1) is 13.0. The van der Waals surface area contributed by atoms with E-state index in [-0.39, 0.29) is 12.2 Å². The van der Waals surface area contributed by atoms with E-state index in [9.17, 15) is 13.2 Å². The van der Waals surface area contributed by atoms with Crippen LogP contribution in [0.1, 0.15) is 25.8 Å². The molecule has 0 bridgehead atoms. The van der Waals surface area contributed by atoms with E-state index >= 15 is 0 Å². The van der Waals surface area contributed by atoms with Gasteiger partial charge in [-0.15, -0.1) is 0 Å². The van der Waals surface area contributed by atoms with Gasteiger partial charge in [-0.3, -0.25) is 0 Å². The van der Waals surface area contributed by atoms with E-state index in [0.29, 0.717) is 18.6 Å². The van der Waals surface area contributed by atoms with E-state index in [1.165, 1.54) is 0 Å². The molecule has 1 aromatic rings. The van der Waals surface area contributed by atoms with Crippen LogP contribution in [0.5, 0.6) is 0 Å². The van der Waals surface area contributed by atoms with E-state index < -0.39 is 17.5 Å². The summed E-state index contributed by atoms with van der Waals surface area (Å²) in [7, 11) is 0. The van der Waals surface area contributed by atoms with Crippen molar-refractivity contribution >= 4 is 0 Å². The van der Waals surface area contributed by atoms with Crippen LogP contribution < -0.4 is 0 Å². The number of rotatable bonds is 5. The lowest BCUT2D eigenvalue weighted by atomic mass is 10.1. The molecule has 1 aromatic carbocycles. The van der Waals surface area contributed by atoms with Crippen LogP contribution in [-0.4, -0.2) is 6.61 Å². The van der Waals surface area contributed by atoms with Gasteiger partial charge in [-0.05, 0) is 12.0 Å². The largest absolute Gasteiger partial charge is 0.376 e. The van der Waals surface area contributed by atoms with Crippen LogP contribution in [-0.2, 0) is 11.3 Å². The molecule has 16 heavy (non-hydrogen) atoms. The molecule has 0 N–H and O–H groups in total. The average molecular weight is 232 g/mol. The van der Waals surface area contributed by atoms with Crippen molar-refractivity contribution in [3.63, 3.8) is 0 Å². The quantitative estimate of drug-likeness (QED) is 0.704. The lowest BCUT2D eigenvalue weighted by molar-refractivity contribution is 0.0888. The summed E-state index contributed by atoms with van der Waals surface area (Å²) in [5, 5.41) is 0. The molecule has 0 amide bonds. The van der Waals surface area contributed by atoms with E-state index in [1.54, 1.807) is 0 Å². The molecule has 1 unspecified atom stereocenters. The first-order valence-corrected chi connectivity index (χ1v) is 5.25. The van der Waals surface area contributed by atoms with E-state index in [0.717, 1.165) is 12.5 Å². The molecule has 0 heterocycles. The van der Waals surface area contributed by atoms with E-state index in [4.69, 9.17) is 4.74 Å². The molecule has 1 rings (SSSR count). The van der Waals surface area contributed by atoms with Crippen molar-refractivity contribution in [1.82, 2.24) is 0 Å². The molecule has 4 heteroatoms. The monoisotopic (exact) mass is 232 g/mol. The highest BCUT2D eigenvalue weighted by atomic mass is 19.2. The second kappa shape index (κ2) is 5.89. The minimum Gasteiger partial charge on any atom is -0.376 e. The fraction of sp³-hybridized carbons (Fsp3) is 0.500. The van der Waals surface area contributed by atoms with Gasteiger partial charge in [0.15, 0.2) is 11.6 Å². The summed E-state index contributed by atoms with van der Waals surface area (Å²) in [4.78, 5) is 0. The number of hydrogen-bond donors (Lipinski definition) is 0. The van der Waals surface area contributed by atoms with Gasteiger partial charge < -0.3 is 4.74 Å². The molecule has 1 atom stereocenters. The Hall–Kier alpha value is -1.03. The zero-order valence-corrected chi connectivity index (χ0v) is 9.40. The van der Waals surface area contributed by atoms with Crippen molar-refractivity contribution in [3.8, 4) is 0 Å². The second-order valence-corrected chi connectivity index (χ2v) is 3.89. The van der Waals surface area contributed by atoms with Crippen LogP contribution in [0.4, 0.5) is 13.2 Å². The molecule has 1 nitrogen and oxygen atoms in total. The fourth-order valence-electron chi connectivity index (χ4n) is 1.16. The predicted octanol–water partition coefficient (Wildman–Crippen LogP) is 3.67. The zero-order chi connectivity index (χ0) is 12.1. The van der Waals surface area contributed by atoms with Crippen molar-refractivity contribution < 1.29 is 17.9 Å². The smallest absolute Gasteiger partial charge is 0.161 e. The molecule has 0 spiro atoms.